The summed E-state index contributed by atoms with van der Waals surface area (Å²) in [5.41, 5.74) is 2.57. The second-order valence-corrected chi connectivity index (χ2v) is 7.07. The van der Waals surface area contributed by atoms with E-state index in [0.717, 1.165) is 15.7 Å². The first-order valence-corrected chi connectivity index (χ1v) is 9.29. The number of aryl methyl sites for hydroxylation is 1. The Balaban J connectivity index is 1.38. The van der Waals surface area contributed by atoms with Crippen molar-refractivity contribution in [3.63, 3.8) is 0 Å². The minimum absolute atomic E-state index is 0.103. The Morgan fingerprint density at radius 1 is 1.15 bits per heavy atom. The number of tetrazole rings is 1. The number of rotatable bonds is 5. The maximum absolute atomic E-state index is 12.4. The molecule has 0 aliphatic carbocycles. The summed E-state index contributed by atoms with van der Waals surface area (Å²) in [6, 6.07) is 15.4. The van der Waals surface area contributed by atoms with Gasteiger partial charge in [-0.05, 0) is 65.9 Å². The third-order valence-corrected chi connectivity index (χ3v) is 4.86. The van der Waals surface area contributed by atoms with Gasteiger partial charge in [0.1, 0.15) is 0 Å². The molecule has 2 aromatic heterocycles. The summed E-state index contributed by atoms with van der Waals surface area (Å²) >= 11 is 3.48. The quantitative estimate of drug-likeness (QED) is 0.533. The van der Waals surface area contributed by atoms with Gasteiger partial charge in [-0.3, -0.25) is 4.79 Å². The van der Waals surface area contributed by atoms with Gasteiger partial charge in [0.25, 0.3) is 5.91 Å². The number of fused-ring (bicyclic) bond motifs is 1. The summed E-state index contributed by atoms with van der Waals surface area (Å²) < 4.78 is 4.81. The minimum Gasteiger partial charge on any atom is -0.350 e. The van der Waals surface area contributed by atoms with E-state index in [9.17, 15) is 4.79 Å². The number of aromatic nitrogens is 5. The minimum atomic E-state index is -0.103. The largest absolute Gasteiger partial charge is 0.350 e. The average molecular weight is 425 g/mol. The van der Waals surface area contributed by atoms with Crippen LogP contribution in [0.1, 0.15) is 16.2 Å². The smallest absolute Gasteiger partial charge is 0.251 e. The van der Waals surface area contributed by atoms with Crippen molar-refractivity contribution in [3.8, 4) is 5.69 Å². The highest BCUT2D eigenvalue weighted by Gasteiger charge is 2.08. The topological polar surface area (TPSA) is 77.6 Å². The zero-order chi connectivity index (χ0) is 18.8. The molecule has 2 heterocycles. The monoisotopic (exact) mass is 424 g/mol. The Kier molecular flexibility index (Phi) is 4.72. The van der Waals surface area contributed by atoms with Gasteiger partial charge >= 0.3 is 0 Å². The number of halogens is 1. The van der Waals surface area contributed by atoms with E-state index in [4.69, 9.17) is 0 Å². The van der Waals surface area contributed by atoms with Crippen molar-refractivity contribution >= 4 is 32.7 Å². The van der Waals surface area contributed by atoms with E-state index in [2.05, 4.69) is 59.5 Å². The van der Waals surface area contributed by atoms with E-state index >= 15 is 0 Å². The summed E-state index contributed by atoms with van der Waals surface area (Å²) in [7, 11) is 0. The van der Waals surface area contributed by atoms with Crippen molar-refractivity contribution in [2.45, 2.75) is 13.5 Å². The number of carbonyl (C=O) groups excluding carboxylic acids is 1. The van der Waals surface area contributed by atoms with Crippen LogP contribution in [0.25, 0.3) is 16.6 Å². The number of hydrogen-bond acceptors (Lipinski definition) is 4. The Morgan fingerprint density at radius 2 is 1.96 bits per heavy atom. The van der Waals surface area contributed by atoms with Crippen LogP contribution in [-0.4, -0.2) is 37.2 Å². The van der Waals surface area contributed by atoms with Crippen molar-refractivity contribution in [3.05, 3.63) is 70.6 Å². The van der Waals surface area contributed by atoms with Crippen LogP contribution in [-0.2, 0) is 6.54 Å². The molecule has 27 heavy (non-hydrogen) atoms. The fourth-order valence-electron chi connectivity index (χ4n) is 2.98. The highest BCUT2D eigenvalue weighted by Crippen LogP contribution is 2.20. The van der Waals surface area contributed by atoms with Gasteiger partial charge in [0.05, 0.1) is 5.69 Å². The zero-order valence-corrected chi connectivity index (χ0v) is 16.2. The van der Waals surface area contributed by atoms with Crippen molar-refractivity contribution in [2.75, 3.05) is 6.54 Å². The molecule has 0 saturated heterocycles. The SMILES string of the molecule is Cc1nnnn1-c1ccc(C(=O)NCCn2ccc3cc(Br)ccc32)cc1. The lowest BCUT2D eigenvalue weighted by Crippen LogP contribution is -2.27. The summed E-state index contributed by atoms with van der Waals surface area (Å²) in [5.74, 6) is 0.590. The highest BCUT2D eigenvalue weighted by atomic mass is 79.9. The van der Waals surface area contributed by atoms with E-state index in [1.54, 1.807) is 16.8 Å². The Morgan fingerprint density at radius 3 is 2.70 bits per heavy atom. The maximum atomic E-state index is 12.4. The van der Waals surface area contributed by atoms with Crippen LogP contribution in [0.3, 0.4) is 0 Å². The molecule has 0 fully saturated rings. The number of nitrogens with one attached hydrogen (secondary N) is 1. The van der Waals surface area contributed by atoms with Gasteiger partial charge in [0, 0.05) is 40.2 Å². The van der Waals surface area contributed by atoms with Gasteiger partial charge < -0.3 is 9.88 Å². The van der Waals surface area contributed by atoms with Crippen LogP contribution >= 0.6 is 15.9 Å². The number of benzene rings is 2. The van der Waals surface area contributed by atoms with E-state index in [0.29, 0.717) is 24.5 Å². The van der Waals surface area contributed by atoms with Crippen LogP contribution < -0.4 is 5.32 Å². The van der Waals surface area contributed by atoms with Crippen LogP contribution in [0, 0.1) is 6.92 Å². The molecule has 0 unspecified atom stereocenters. The molecule has 0 atom stereocenters. The van der Waals surface area contributed by atoms with Crippen molar-refractivity contribution in [1.29, 1.82) is 0 Å². The second-order valence-electron chi connectivity index (χ2n) is 6.15. The lowest BCUT2D eigenvalue weighted by Gasteiger charge is -2.08. The standard InChI is InChI=1S/C19H17BrN6O/c1-13-22-23-24-26(13)17-5-2-14(3-6-17)19(27)21-9-11-25-10-8-15-12-16(20)4-7-18(15)25/h2-8,10,12H,9,11H2,1H3,(H,21,27). The summed E-state index contributed by atoms with van der Waals surface area (Å²) in [6.07, 6.45) is 2.03. The molecule has 8 heteroatoms. The molecule has 0 aliphatic rings. The molecule has 0 bridgehead atoms. The summed E-state index contributed by atoms with van der Waals surface area (Å²) in [6.45, 7) is 3.08. The van der Waals surface area contributed by atoms with Crippen LogP contribution in [0.4, 0.5) is 0 Å². The normalized spacial score (nSPS) is 11.0. The second kappa shape index (κ2) is 7.32. The van der Waals surface area contributed by atoms with Crippen molar-refractivity contribution in [1.82, 2.24) is 30.1 Å². The first-order chi connectivity index (χ1) is 13.1. The lowest BCUT2D eigenvalue weighted by atomic mass is 10.2. The zero-order valence-electron chi connectivity index (χ0n) is 14.6. The molecule has 1 amide bonds. The fraction of sp³-hybridized carbons (Fsp3) is 0.158. The molecular weight excluding hydrogens is 408 g/mol. The number of carbonyl (C=O) groups is 1. The molecule has 1 N–H and O–H groups in total. The number of nitrogens with zero attached hydrogens (tertiary/aromatic N) is 5. The van der Waals surface area contributed by atoms with E-state index < -0.39 is 0 Å². The van der Waals surface area contributed by atoms with Gasteiger partial charge in [-0.2, -0.15) is 4.68 Å². The van der Waals surface area contributed by atoms with Crippen LogP contribution in [0.15, 0.2) is 59.2 Å². The predicted molar refractivity (Wildman–Crippen MR) is 106 cm³/mol. The Bertz CT molecular complexity index is 1100. The van der Waals surface area contributed by atoms with Crippen molar-refractivity contribution < 1.29 is 4.79 Å². The molecule has 0 radical (unpaired) electrons. The van der Waals surface area contributed by atoms with E-state index in [1.807, 2.05) is 31.3 Å². The Labute approximate surface area is 164 Å². The fourth-order valence-corrected chi connectivity index (χ4v) is 3.36. The maximum Gasteiger partial charge on any atom is 0.251 e. The van der Waals surface area contributed by atoms with Gasteiger partial charge in [0.15, 0.2) is 5.82 Å². The molecule has 7 nitrogen and oxygen atoms in total. The number of amides is 1. The van der Waals surface area contributed by atoms with Crippen molar-refractivity contribution in [2.24, 2.45) is 0 Å². The Hall–Kier alpha value is -3.00. The van der Waals surface area contributed by atoms with E-state index in [-0.39, 0.29) is 5.91 Å². The first kappa shape index (κ1) is 17.4. The summed E-state index contributed by atoms with van der Waals surface area (Å²) in [4.78, 5) is 12.4. The molecule has 4 aromatic rings. The lowest BCUT2D eigenvalue weighted by molar-refractivity contribution is 0.0952. The van der Waals surface area contributed by atoms with Crippen LogP contribution in [0.5, 0.6) is 0 Å². The van der Waals surface area contributed by atoms with Gasteiger partial charge in [0.2, 0.25) is 0 Å². The van der Waals surface area contributed by atoms with Crippen LogP contribution in [0.2, 0.25) is 0 Å². The first-order valence-electron chi connectivity index (χ1n) is 8.50. The molecule has 2 aromatic carbocycles. The molecule has 136 valence electrons. The van der Waals surface area contributed by atoms with Gasteiger partial charge in [-0.15, -0.1) is 5.10 Å². The molecular formula is C19H17BrN6O. The third-order valence-electron chi connectivity index (χ3n) is 4.37. The third kappa shape index (κ3) is 3.61. The molecule has 4 rings (SSSR count). The summed E-state index contributed by atoms with van der Waals surface area (Å²) in [5, 5.41) is 15.5. The highest BCUT2D eigenvalue weighted by molar-refractivity contribution is 9.10. The number of hydrogen-bond donors (Lipinski definition) is 1. The average Bonchev–Trinajstić information content (AvgIpc) is 3.27. The molecule has 0 aliphatic heterocycles. The molecule has 0 spiro atoms. The van der Waals surface area contributed by atoms with E-state index in [1.165, 1.54) is 5.39 Å². The van der Waals surface area contributed by atoms with Gasteiger partial charge in [-0.1, -0.05) is 15.9 Å². The van der Waals surface area contributed by atoms with Gasteiger partial charge in [-0.25, -0.2) is 0 Å². The molecule has 0 saturated carbocycles. The predicted octanol–water partition coefficient (Wildman–Crippen LogP) is 3.12.